The van der Waals surface area contributed by atoms with Crippen LogP contribution in [0, 0.1) is 0 Å². The van der Waals surface area contributed by atoms with Crippen LogP contribution in [0.15, 0.2) is 73.2 Å². The van der Waals surface area contributed by atoms with Gasteiger partial charge in [0.15, 0.2) is 5.65 Å². The number of hydrogen-bond donors (Lipinski definition) is 2. The highest BCUT2D eigenvalue weighted by Gasteiger charge is 2.23. The zero-order valence-corrected chi connectivity index (χ0v) is 19.0. The number of nitrogen functional groups attached to an aromatic ring is 1. The number of hydrogen-bond acceptors (Lipinski definition) is 7. The number of nitrogens with two attached hydrogens (primary N) is 1. The first kappa shape index (κ1) is 21.2. The number of aromatic nitrogens is 6. The van der Waals surface area contributed by atoms with Gasteiger partial charge < -0.3 is 11.1 Å². The van der Waals surface area contributed by atoms with E-state index in [4.69, 9.17) is 10.8 Å². The minimum atomic E-state index is -0.168. The Kier molecular flexibility index (Phi) is 5.31. The number of piperidine rings is 1. The normalized spacial score (nSPS) is 14.4. The number of nitrogens with zero attached hydrogens (tertiary/aromatic N) is 6. The third kappa shape index (κ3) is 3.85. The predicted octanol–water partition coefficient (Wildman–Crippen LogP) is 3.55. The lowest BCUT2D eigenvalue weighted by Gasteiger charge is -2.23. The summed E-state index contributed by atoms with van der Waals surface area (Å²) >= 11 is 0. The SMILES string of the molecule is Nc1ncnc2c1c(-c1ccc(-c3ccn(C(=O)c4ccccc4)n3)cc1)nn2C1CCNCC1. The van der Waals surface area contributed by atoms with Gasteiger partial charge in [-0.3, -0.25) is 4.79 Å². The lowest BCUT2D eigenvalue weighted by atomic mass is 10.1. The van der Waals surface area contributed by atoms with Crippen LogP contribution in [0.5, 0.6) is 0 Å². The fourth-order valence-electron chi connectivity index (χ4n) is 4.61. The molecule has 0 spiro atoms. The number of nitrogens with one attached hydrogen (secondary N) is 1. The van der Waals surface area contributed by atoms with Gasteiger partial charge in [-0.1, -0.05) is 42.5 Å². The Hall–Kier alpha value is -4.37. The molecule has 0 atom stereocenters. The van der Waals surface area contributed by atoms with Crippen LogP contribution < -0.4 is 11.1 Å². The number of anilines is 1. The van der Waals surface area contributed by atoms with E-state index in [-0.39, 0.29) is 11.9 Å². The van der Waals surface area contributed by atoms with E-state index in [1.54, 1.807) is 18.3 Å². The van der Waals surface area contributed by atoms with Crippen molar-refractivity contribution < 1.29 is 4.79 Å². The van der Waals surface area contributed by atoms with Crippen LogP contribution in [0.1, 0.15) is 29.2 Å². The van der Waals surface area contributed by atoms with Gasteiger partial charge in [0.25, 0.3) is 5.91 Å². The van der Waals surface area contributed by atoms with Crippen molar-refractivity contribution in [1.82, 2.24) is 34.8 Å². The van der Waals surface area contributed by atoms with Crippen molar-refractivity contribution in [2.45, 2.75) is 18.9 Å². The highest BCUT2D eigenvalue weighted by Crippen LogP contribution is 2.34. The van der Waals surface area contributed by atoms with E-state index in [0.29, 0.717) is 17.1 Å². The number of carbonyl (C=O) groups excluding carboxylic acids is 1. The van der Waals surface area contributed by atoms with Gasteiger partial charge in [0.1, 0.15) is 17.8 Å². The van der Waals surface area contributed by atoms with E-state index >= 15 is 0 Å². The Morgan fingerprint density at radius 2 is 1.66 bits per heavy atom. The lowest BCUT2D eigenvalue weighted by molar-refractivity contribution is 0.0945. The molecule has 3 N–H and O–H groups in total. The Balaban J connectivity index is 1.33. The molecule has 0 aliphatic carbocycles. The van der Waals surface area contributed by atoms with E-state index in [9.17, 15) is 4.79 Å². The summed E-state index contributed by atoms with van der Waals surface area (Å²) in [4.78, 5) is 21.4. The van der Waals surface area contributed by atoms with Crippen molar-refractivity contribution in [3.8, 4) is 22.5 Å². The maximum absolute atomic E-state index is 12.7. The molecule has 2 aromatic carbocycles. The molecule has 3 aromatic heterocycles. The van der Waals surface area contributed by atoms with Crippen molar-refractivity contribution in [1.29, 1.82) is 0 Å². The maximum Gasteiger partial charge on any atom is 0.278 e. The van der Waals surface area contributed by atoms with E-state index in [1.165, 1.54) is 11.0 Å². The molecule has 0 unspecified atom stereocenters. The first-order valence-electron chi connectivity index (χ1n) is 11.6. The Morgan fingerprint density at radius 1 is 0.914 bits per heavy atom. The highest BCUT2D eigenvalue weighted by molar-refractivity contribution is 5.98. The summed E-state index contributed by atoms with van der Waals surface area (Å²) < 4.78 is 3.37. The van der Waals surface area contributed by atoms with Crippen LogP contribution in [0.4, 0.5) is 5.82 Å². The third-order valence-electron chi connectivity index (χ3n) is 6.44. The topological polar surface area (TPSA) is 117 Å². The molecular formula is C26H24N8O. The molecule has 1 fully saturated rings. The fourth-order valence-corrected chi connectivity index (χ4v) is 4.61. The molecule has 35 heavy (non-hydrogen) atoms. The molecule has 1 aliphatic heterocycles. The molecule has 1 saturated heterocycles. The van der Waals surface area contributed by atoms with E-state index in [2.05, 4.69) is 20.4 Å². The van der Waals surface area contributed by atoms with Gasteiger partial charge >= 0.3 is 0 Å². The molecule has 9 nitrogen and oxygen atoms in total. The number of fused-ring (bicyclic) bond motifs is 1. The first-order chi connectivity index (χ1) is 17.2. The van der Waals surface area contributed by atoms with Crippen molar-refractivity contribution in [2.24, 2.45) is 0 Å². The first-order valence-corrected chi connectivity index (χ1v) is 11.6. The van der Waals surface area contributed by atoms with Crippen LogP contribution in [-0.2, 0) is 0 Å². The Labute approximate surface area is 201 Å². The van der Waals surface area contributed by atoms with Crippen LogP contribution in [0.25, 0.3) is 33.5 Å². The molecular weight excluding hydrogens is 440 g/mol. The standard InChI is InChI=1S/C26H24N8O/c27-24-22-23(32-34(25(22)30-16-29-24)20-10-13-28-14-11-20)18-8-6-17(7-9-18)21-12-15-33(31-21)26(35)19-4-2-1-3-5-19/h1-9,12,15-16,20,28H,10-11,13-14H2,(H2,27,29,30). The average molecular weight is 465 g/mol. The smallest absolute Gasteiger partial charge is 0.278 e. The second kappa shape index (κ2) is 8.77. The quantitative estimate of drug-likeness (QED) is 0.418. The molecule has 4 heterocycles. The van der Waals surface area contributed by atoms with Gasteiger partial charge in [0, 0.05) is 22.9 Å². The fraction of sp³-hybridized carbons (Fsp3) is 0.192. The molecule has 6 rings (SSSR count). The molecule has 9 heteroatoms. The van der Waals surface area contributed by atoms with Gasteiger partial charge in [-0.15, -0.1) is 0 Å². The van der Waals surface area contributed by atoms with Gasteiger partial charge in [0.2, 0.25) is 0 Å². The summed E-state index contributed by atoms with van der Waals surface area (Å²) in [5.41, 5.74) is 10.9. The largest absolute Gasteiger partial charge is 0.383 e. The van der Waals surface area contributed by atoms with E-state index < -0.39 is 0 Å². The monoisotopic (exact) mass is 464 g/mol. The van der Waals surface area contributed by atoms with Crippen LogP contribution in [0.3, 0.4) is 0 Å². The lowest BCUT2D eigenvalue weighted by Crippen LogP contribution is -2.30. The molecule has 0 saturated carbocycles. The third-order valence-corrected chi connectivity index (χ3v) is 6.44. The Morgan fingerprint density at radius 3 is 2.43 bits per heavy atom. The van der Waals surface area contributed by atoms with Crippen molar-refractivity contribution in [3.63, 3.8) is 0 Å². The molecule has 5 aromatic rings. The van der Waals surface area contributed by atoms with Crippen molar-refractivity contribution in [3.05, 3.63) is 78.8 Å². The van der Waals surface area contributed by atoms with Crippen LogP contribution >= 0.6 is 0 Å². The Bertz CT molecular complexity index is 1500. The highest BCUT2D eigenvalue weighted by atomic mass is 16.2. The summed E-state index contributed by atoms with van der Waals surface area (Å²) in [6.07, 6.45) is 5.16. The number of carbonyl (C=O) groups is 1. The zero-order chi connectivity index (χ0) is 23.8. The maximum atomic E-state index is 12.7. The van der Waals surface area contributed by atoms with Crippen molar-refractivity contribution >= 4 is 22.8 Å². The molecule has 1 aliphatic rings. The second-order valence-electron chi connectivity index (χ2n) is 8.63. The summed E-state index contributed by atoms with van der Waals surface area (Å²) in [5, 5.41) is 13.6. The van der Waals surface area contributed by atoms with Gasteiger partial charge in [-0.05, 0) is 44.1 Å². The second-order valence-corrected chi connectivity index (χ2v) is 8.63. The van der Waals surface area contributed by atoms with Crippen molar-refractivity contribution in [2.75, 3.05) is 18.8 Å². The van der Waals surface area contributed by atoms with Gasteiger partial charge in [0.05, 0.1) is 17.1 Å². The minimum absolute atomic E-state index is 0.168. The van der Waals surface area contributed by atoms with Gasteiger partial charge in [-0.2, -0.15) is 10.2 Å². The molecule has 174 valence electrons. The predicted molar refractivity (Wildman–Crippen MR) is 134 cm³/mol. The summed E-state index contributed by atoms with van der Waals surface area (Å²) in [6, 6.07) is 19.2. The van der Waals surface area contributed by atoms with Gasteiger partial charge in [-0.25, -0.2) is 19.3 Å². The summed E-state index contributed by atoms with van der Waals surface area (Å²) in [6.45, 7) is 1.91. The van der Waals surface area contributed by atoms with Crippen LogP contribution in [-0.4, -0.2) is 48.5 Å². The number of rotatable bonds is 4. The summed E-state index contributed by atoms with van der Waals surface area (Å²) in [5.74, 6) is 0.256. The van der Waals surface area contributed by atoms with E-state index in [1.807, 2.05) is 53.2 Å². The van der Waals surface area contributed by atoms with E-state index in [0.717, 1.165) is 53.8 Å². The zero-order valence-electron chi connectivity index (χ0n) is 19.0. The molecule has 0 radical (unpaired) electrons. The summed E-state index contributed by atoms with van der Waals surface area (Å²) in [7, 11) is 0. The molecule has 0 bridgehead atoms. The number of benzene rings is 2. The van der Waals surface area contributed by atoms with Crippen LogP contribution in [0.2, 0.25) is 0 Å². The minimum Gasteiger partial charge on any atom is -0.383 e. The average Bonchev–Trinajstić information content (AvgIpc) is 3.56. The molecule has 0 amide bonds.